The van der Waals surface area contributed by atoms with E-state index in [0.717, 1.165) is 0 Å². The van der Waals surface area contributed by atoms with E-state index in [1.807, 2.05) is 0 Å². The minimum atomic E-state index is -0.492. The minimum absolute atomic E-state index is 0.0585. The lowest BCUT2D eigenvalue weighted by Gasteiger charge is -2.08. The summed E-state index contributed by atoms with van der Waals surface area (Å²) in [5.41, 5.74) is 0.227. The van der Waals surface area contributed by atoms with Gasteiger partial charge in [-0.2, -0.15) is 0 Å². The van der Waals surface area contributed by atoms with E-state index in [1.165, 1.54) is 12.1 Å². The molecule has 0 aromatic carbocycles. The first-order chi connectivity index (χ1) is 6.50. The van der Waals surface area contributed by atoms with E-state index in [0.29, 0.717) is 0 Å². The molecule has 0 amide bonds. The summed E-state index contributed by atoms with van der Waals surface area (Å²) in [5, 5.41) is 0.305. The number of hydrogen-bond donors (Lipinski definition) is 0. The van der Waals surface area contributed by atoms with Gasteiger partial charge < -0.3 is 4.74 Å². The second-order valence-corrected chi connectivity index (χ2v) is 3.67. The van der Waals surface area contributed by atoms with Gasteiger partial charge in [0.05, 0.1) is 11.7 Å². The molecule has 76 valence electrons. The highest BCUT2D eigenvalue weighted by Gasteiger charge is 2.14. The Kier molecular flexibility index (Phi) is 3.72. The average molecular weight is 234 g/mol. The molecule has 0 aliphatic rings. The summed E-state index contributed by atoms with van der Waals surface area (Å²) in [7, 11) is 0. The molecule has 0 fully saturated rings. The minimum Gasteiger partial charge on any atom is -0.459 e. The van der Waals surface area contributed by atoms with Crippen LogP contribution in [0.5, 0.6) is 0 Å². The number of carbonyl (C=O) groups is 1. The molecule has 0 radical (unpaired) electrons. The van der Waals surface area contributed by atoms with Crippen LogP contribution >= 0.6 is 23.2 Å². The Morgan fingerprint density at radius 1 is 1.43 bits per heavy atom. The van der Waals surface area contributed by atoms with Gasteiger partial charge in [-0.05, 0) is 26.0 Å². The Morgan fingerprint density at radius 3 is 2.57 bits per heavy atom. The van der Waals surface area contributed by atoms with Crippen LogP contribution in [0.15, 0.2) is 12.1 Å². The van der Waals surface area contributed by atoms with Crippen molar-refractivity contribution >= 4 is 29.2 Å². The van der Waals surface area contributed by atoms with Gasteiger partial charge in [-0.15, -0.1) is 0 Å². The summed E-state index contributed by atoms with van der Waals surface area (Å²) in [6.45, 7) is 3.52. The summed E-state index contributed by atoms with van der Waals surface area (Å²) >= 11 is 11.3. The summed E-state index contributed by atoms with van der Waals surface area (Å²) in [6.07, 6.45) is -0.186. The zero-order chi connectivity index (χ0) is 10.7. The Bertz CT molecular complexity index is 353. The van der Waals surface area contributed by atoms with Crippen LogP contribution in [-0.4, -0.2) is 17.1 Å². The molecule has 0 atom stereocenters. The normalized spacial score (nSPS) is 10.4. The van der Waals surface area contributed by atoms with E-state index in [4.69, 9.17) is 27.9 Å². The number of ether oxygens (including phenoxy) is 1. The fourth-order valence-corrected chi connectivity index (χ4v) is 1.26. The monoisotopic (exact) mass is 233 g/mol. The van der Waals surface area contributed by atoms with E-state index in [2.05, 4.69) is 4.98 Å². The number of nitrogens with zero attached hydrogens (tertiary/aromatic N) is 1. The fourth-order valence-electron chi connectivity index (χ4n) is 0.842. The van der Waals surface area contributed by atoms with Gasteiger partial charge in [-0.25, -0.2) is 9.78 Å². The molecule has 0 saturated heterocycles. The topological polar surface area (TPSA) is 39.2 Å². The second-order valence-electron chi connectivity index (χ2n) is 2.93. The van der Waals surface area contributed by atoms with Gasteiger partial charge in [0.1, 0.15) is 10.3 Å². The molecule has 1 heterocycles. The summed E-state index contributed by atoms with van der Waals surface area (Å²) < 4.78 is 4.95. The first kappa shape index (κ1) is 11.3. The number of carbonyl (C=O) groups excluding carboxylic acids is 1. The zero-order valence-electron chi connectivity index (χ0n) is 7.75. The van der Waals surface area contributed by atoms with Gasteiger partial charge in [0.2, 0.25) is 0 Å². The molecule has 1 aromatic rings. The smallest absolute Gasteiger partial charge is 0.341 e. The first-order valence-electron chi connectivity index (χ1n) is 4.03. The average Bonchev–Trinajstić information content (AvgIpc) is 2.01. The Labute approximate surface area is 92.0 Å². The molecule has 14 heavy (non-hydrogen) atoms. The summed E-state index contributed by atoms with van der Waals surface area (Å²) in [5.74, 6) is -0.492. The Hall–Kier alpha value is -0.800. The van der Waals surface area contributed by atoms with Crippen LogP contribution in [0.3, 0.4) is 0 Å². The quantitative estimate of drug-likeness (QED) is 0.583. The molecule has 0 aliphatic heterocycles. The lowest BCUT2D eigenvalue weighted by molar-refractivity contribution is 0.0377. The predicted molar refractivity (Wildman–Crippen MR) is 54.8 cm³/mol. The molecule has 0 bridgehead atoms. The van der Waals surface area contributed by atoms with E-state index in [-0.39, 0.29) is 22.0 Å². The Balaban J connectivity index is 2.90. The standard InChI is InChI=1S/C9H9Cl2NO2/c1-5(2)14-9(13)6-3-4-7(10)12-8(6)11/h3-5H,1-2H3. The van der Waals surface area contributed by atoms with Gasteiger partial charge in [0.15, 0.2) is 0 Å². The molecule has 0 unspecified atom stereocenters. The van der Waals surface area contributed by atoms with Crippen LogP contribution in [0.1, 0.15) is 24.2 Å². The molecule has 1 rings (SSSR count). The lowest BCUT2D eigenvalue weighted by Crippen LogP contribution is -2.12. The number of rotatable bonds is 2. The van der Waals surface area contributed by atoms with E-state index < -0.39 is 5.97 Å². The molecule has 0 N–H and O–H groups in total. The van der Waals surface area contributed by atoms with Crippen molar-refractivity contribution in [2.45, 2.75) is 20.0 Å². The van der Waals surface area contributed by atoms with Crippen LogP contribution in [-0.2, 0) is 4.74 Å². The van der Waals surface area contributed by atoms with Crippen molar-refractivity contribution in [1.82, 2.24) is 4.98 Å². The predicted octanol–water partition coefficient (Wildman–Crippen LogP) is 2.95. The van der Waals surface area contributed by atoms with Gasteiger partial charge in [-0.3, -0.25) is 0 Å². The number of aromatic nitrogens is 1. The Morgan fingerprint density at radius 2 is 2.07 bits per heavy atom. The van der Waals surface area contributed by atoms with Crippen molar-refractivity contribution in [3.63, 3.8) is 0 Å². The van der Waals surface area contributed by atoms with Crippen molar-refractivity contribution in [2.75, 3.05) is 0 Å². The lowest BCUT2D eigenvalue weighted by atomic mass is 10.3. The first-order valence-corrected chi connectivity index (χ1v) is 4.79. The van der Waals surface area contributed by atoms with Crippen LogP contribution in [0.2, 0.25) is 10.3 Å². The highest BCUT2D eigenvalue weighted by Crippen LogP contribution is 2.17. The number of halogens is 2. The van der Waals surface area contributed by atoms with Crippen LogP contribution in [0.25, 0.3) is 0 Å². The SMILES string of the molecule is CC(C)OC(=O)c1ccc(Cl)nc1Cl. The van der Waals surface area contributed by atoms with Crippen molar-refractivity contribution < 1.29 is 9.53 Å². The van der Waals surface area contributed by atoms with Crippen molar-refractivity contribution in [2.24, 2.45) is 0 Å². The maximum atomic E-state index is 11.4. The van der Waals surface area contributed by atoms with Gasteiger partial charge >= 0.3 is 5.97 Å². The molecular weight excluding hydrogens is 225 g/mol. The largest absolute Gasteiger partial charge is 0.459 e. The molecule has 0 saturated carbocycles. The van der Waals surface area contributed by atoms with Gasteiger partial charge in [-0.1, -0.05) is 23.2 Å². The third kappa shape index (κ3) is 2.86. The number of hydrogen-bond acceptors (Lipinski definition) is 3. The third-order valence-corrected chi connectivity index (χ3v) is 1.88. The van der Waals surface area contributed by atoms with Crippen LogP contribution in [0, 0.1) is 0 Å². The highest BCUT2D eigenvalue weighted by molar-refractivity contribution is 6.34. The van der Waals surface area contributed by atoms with E-state index in [1.54, 1.807) is 13.8 Å². The van der Waals surface area contributed by atoms with E-state index >= 15 is 0 Å². The highest BCUT2D eigenvalue weighted by atomic mass is 35.5. The molecule has 1 aromatic heterocycles. The molecule has 5 heteroatoms. The fraction of sp³-hybridized carbons (Fsp3) is 0.333. The van der Waals surface area contributed by atoms with Crippen LogP contribution < -0.4 is 0 Å². The van der Waals surface area contributed by atoms with Crippen molar-refractivity contribution in [1.29, 1.82) is 0 Å². The number of pyridine rings is 1. The number of esters is 1. The van der Waals surface area contributed by atoms with Gasteiger partial charge in [0.25, 0.3) is 0 Å². The van der Waals surface area contributed by atoms with Gasteiger partial charge in [0, 0.05) is 0 Å². The molecule has 0 aliphatic carbocycles. The van der Waals surface area contributed by atoms with Crippen molar-refractivity contribution in [3.05, 3.63) is 28.0 Å². The summed E-state index contributed by atoms with van der Waals surface area (Å²) in [4.78, 5) is 15.1. The van der Waals surface area contributed by atoms with E-state index in [9.17, 15) is 4.79 Å². The zero-order valence-corrected chi connectivity index (χ0v) is 9.26. The molecule has 3 nitrogen and oxygen atoms in total. The second kappa shape index (κ2) is 4.62. The maximum absolute atomic E-state index is 11.4. The maximum Gasteiger partial charge on any atom is 0.341 e. The van der Waals surface area contributed by atoms with Crippen LogP contribution in [0.4, 0.5) is 0 Å². The molecule has 0 spiro atoms. The third-order valence-electron chi connectivity index (χ3n) is 1.38. The summed E-state index contributed by atoms with van der Waals surface area (Å²) in [6, 6.07) is 2.98. The molecular formula is C9H9Cl2NO2. The van der Waals surface area contributed by atoms with Crippen molar-refractivity contribution in [3.8, 4) is 0 Å².